The van der Waals surface area contributed by atoms with Crippen LogP contribution < -0.4 is 0 Å². The predicted octanol–water partition coefficient (Wildman–Crippen LogP) is 14.1. The number of aliphatic hydroxyl groups is 2. The highest BCUT2D eigenvalue weighted by Gasteiger charge is 2.50. The lowest BCUT2D eigenvalue weighted by Gasteiger charge is -2.40. The number of allylic oxidation sites excluding steroid dienone is 16. The molecule has 0 aromatic carbocycles. The van der Waals surface area contributed by atoms with E-state index in [1.165, 1.54) is 25.7 Å². The Hall–Kier alpha value is -4.36. The third-order valence-corrected chi connectivity index (χ3v) is 12.1. The number of rotatable bonds is 46. The molecule has 1 heterocycles. The van der Waals surface area contributed by atoms with Crippen LogP contribution in [0.3, 0.4) is 0 Å². The van der Waals surface area contributed by atoms with Crippen LogP contribution in [0.5, 0.6) is 0 Å². The Morgan fingerprint density at radius 1 is 0.466 bits per heavy atom. The molecule has 1 rings (SSSR count). The number of aliphatic hydroxyl groups excluding tert-OH is 2. The summed E-state index contributed by atoms with van der Waals surface area (Å²) in [6, 6.07) is 0. The average molecular weight is 1020 g/mol. The normalized spacial score (nSPS) is 19.1. The van der Waals surface area contributed by atoms with Gasteiger partial charge in [0.05, 0.1) is 6.61 Å². The fraction of sp³-hybridized carbons (Fsp3) is 0.672. The van der Waals surface area contributed by atoms with Gasteiger partial charge in [-0.1, -0.05) is 176 Å². The molecule has 6 atom stereocenters. The van der Waals surface area contributed by atoms with Crippen LogP contribution in [0.4, 0.5) is 0 Å². The van der Waals surface area contributed by atoms with E-state index in [0.29, 0.717) is 19.3 Å². The molecule has 1 aliphatic heterocycles. The topological polar surface area (TPSA) is 175 Å². The lowest BCUT2D eigenvalue weighted by atomic mass is 9.98. The first-order valence-electron chi connectivity index (χ1n) is 28.2. The number of aliphatic carboxylic acids is 1. The van der Waals surface area contributed by atoms with Crippen molar-refractivity contribution in [2.24, 2.45) is 0 Å². The van der Waals surface area contributed by atoms with Crippen LogP contribution >= 0.6 is 0 Å². The molecule has 0 amide bonds. The summed E-state index contributed by atoms with van der Waals surface area (Å²) >= 11 is 0. The molecular formula is C61H98O12. The van der Waals surface area contributed by atoms with Crippen molar-refractivity contribution < 1.29 is 58.2 Å². The minimum absolute atomic E-state index is 0.0243. The monoisotopic (exact) mass is 1020 g/mol. The molecule has 1 saturated heterocycles. The zero-order valence-electron chi connectivity index (χ0n) is 45.3. The summed E-state index contributed by atoms with van der Waals surface area (Å²) in [5.74, 6) is -3.21. The van der Waals surface area contributed by atoms with Gasteiger partial charge in [-0.15, -0.1) is 0 Å². The van der Waals surface area contributed by atoms with Crippen LogP contribution in [0.15, 0.2) is 97.2 Å². The number of unbranched alkanes of at least 4 members (excludes halogenated alkanes) is 16. The molecule has 1 aliphatic rings. The fourth-order valence-electron chi connectivity index (χ4n) is 7.84. The van der Waals surface area contributed by atoms with Crippen molar-refractivity contribution >= 4 is 23.9 Å². The van der Waals surface area contributed by atoms with Gasteiger partial charge in [-0.05, 0) is 116 Å². The van der Waals surface area contributed by atoms with Crippen LogP contribution in [0.2, 0.25) is 0 Å². The highest BCUT2D eigenvalue weighted by Crippen LogP contribution is 2.26. The fourth-order valence-corrected chi connectivity index (χ4v) is 7.84. The smallest absolute Gasteiger partial charge is 0.335 e. The predicted molar refractivity (Wildman–Crippen MR) is 294 cm³/mol. The Balaban J connectivity index is 2.74. The van der Waals surface area contributed by atoms with Crippen molar-refractivity contribution in [2.75, 3.05) is 13.2 Å². The SMILES string of the molecule is CC/C=C\C/C=C\C/C=C\C/C=C\CCCCCCC(=O)OC1C(OCC(COC(=O)CCCCC/C=C\C/C=C\C/C=C\CC)OC(=O)CCCCCCC/C=C\CCCCCC)OC(C(=O)O)C(O)C1O. The first-order chi connectivity index (χ1) is 35.6. The second-order valence-electron chi connectivity index (χ2n) is 18.8. The lowest BCUT2D eigenvalue weighted by Crippen LogP contribution is -2.61. The number of carboxylic acid groups (broad SMARTS) is 1. The van der Waals surface area contributed by atoms with Crippen LogP contribution in [0.25, 0.3) is 0 Å². The zero-order chi connectivity index (χ0) is 53.3. The van der Waals surface area contributed by atoms with E-state index < -0.39 is 67.3 Å². The highest BCUT2D eigenvalue weighted by molar-refractivity contribution is 5.74. The van der Waals surface area contributed by atoms with Gasteiger partial charge in [0.15, 0.2) is 24.6 Å². The number of esters is 3. The van der Waals surface area contributed by atoms with E-state index in [4.69, 9.17) is 23.7 Å². The summed E-state index contributed by atoms with van der Waals surface area (Å²) in [4.78, 5) is 51.0. The van der Waals surface area contributed by atoms with Gasteiger partial charge in [0.1, 0.15) is 18.8 Å². The maximum Gasteiger partial charge on any atom is 0.335 e. The molecule has 0 radical (unpaired) electrons. The van der Waals surface area contributed by atoms with Crippen molar-refractivity contribution in [3.8, 4) is 0 Å². The molecule has 0 spiro atoms. The van der Waals surface area contributed by atoms with E-state index in [1.54, 1.807) is 0 Å². The number of ether oxygens (including phenoxy) is 5. The Kier molecular flexibility index (Phi) is 44.4. The molecule has 12 heteroatoms. The summed E-state index contributed by atoms with van der Waals surface area (Å²) in [6.45, 7) is 5.68. The lowest BCUT2D eigenvalue weighted by molar-refractivity contribution is -0.301. The van der Waals surface area contributed by atoms with Crippen molar-refractivity contribution in [3.63, 3.8) is 0 Å². The molecule has 12 nitrogen and oxygen atoms in total. The van der Waals surface area contributed by atoms with E-state index in [1.807, 2.05) is 0 Å². The number of carboxylic acids is 1. The van der Waals surface area contributed by atoms with E-state index in [9.17, 15) is 34.5 Å². The molecule has 0 aromatic rings. The second kappa shape index (κ2) is 48.6. The molecule has 0 aromatic heterocycles. The largest absolute Gasteiger partial charge is 0.479 e. The molecule has 6 unspecified atom stereocenters. The molecule has 0 saturated carbocycles. The molecular weight excluding hydrogens is 925 g/mol. The maximum absolute atomic E-state index is 13.1. The first kappa shape index (κ1) is 66.7. The van der Waals surface area contributed by atoms with E-state index >= 15 is 0 Å². The first-order valence-corrected chi connectivity index (χ1v) is 28.2. The number of hydrogen-bond acceptors (Lipinski definition) is 11. The van der Waals surface area contributed by atoms with Gasteiger partial charge in [-0.3, -0.25) is 14.4 Å². The minimum Gasteiger partial charge on any atom is -0.479 e. The summed E-state index contributed by atoms with van der Waals surface area (Å²) in [5.41, 5.74) is 0. The van der Waals surface area contributed by atoms with E-state index in [-0.39, 0.29) is 25.9 Å². The van der Waals surface area contributed by atoms with E-state index in [0.717, 1.165) is 128 Å². The Labute approximate surface area is 441 Å². The molecule has 3 N–H and O–H groups in total. The molecule has 0 aliphatic carbocycles. The van der Waals surface area contributed by atoms with Gasteiger partial charge < -0.3 is 39.0 Å². The Morgan fingerprint density at radius 3 is 1.34 bits per heavy atom. The maximum atomic E-state index is 13.1. The number of hydrogen-bond donors (Lipinski definition) is 3. The van der Waals surface area contributed by atoms with Gasteiger partial charge in [-0.25, -0.2) is 4.79 Å². The number of carbonyl (C=O) groups excluding carboxylic acids is 3. The molecule has 414 valence electrons. The third kappa shape index (κ3) is 38.8. The zero-order valence-corrected chi connectivity index (χ0v) is 45.3. The summed E-state index contributed by atoms with van der Waals surface area (Å²) in [6.07, 6.45) is 51.0. The quantitative estimate of drug-likeness (QED) is 0.0228. The van der Waals surface area contributed by atoms with Crippen LogP contribution in [-0.2, 0) is 42.9 Å². The van der Waals surface area contributed by atoms with Crippen molar-refractivity contribution in [1.29, 1.82) is 0 Å². The molecule has 73 heavy (non-hydrogen) atoms. The second-order valence-corrected chi connectivity index (χ2v) is 18.8. The van der Waals surface area contributed by atoms with Crippen LogP contribution in [-0.4, -0.2) is 89.2 Å². The average Bonchev–Trinajstić information content (AvgIpc) is 3.37. The summed E-state index contributed by atoms with van der Waals surface area (Å²) in [5, 5.41) is 31.4. The molecule has 1 fully saturated rings. The van der Waals surface area contributed by atoms with Gasteiger partial charge >= 0.3 is 23.9 Å². The van der Waals surface area contributed by atoms with Crippen LogP contribution in [0, 0.1) is 0 Å². The Bertz CT molecular complexity index is 1640. The van der Waals surface area contributed by atoms with Gasteiger partial charge in [0.25, 0.3) is 0 Å². The highest BCUT2D eigenvalue weighted by atomic mass is 16.7. The summed E-state index contributed by atoms with van der Waals surface area (Å²) in [7, 11) is 0. The van der Waals surface area contributed by atoms with Crippen molar-refractivity contribution in [1.82, 2.24) is 0 Å². The minimum atomic E-state index is -1.92. The van der Waals surface area contributed by atoms with Crippen molar-refractivity contribution in [3.05, 3.63) is 97.2 Å². The molecule has 0 bridgehead atoms. The number of carbonyl (C=O) groups is 4. The standard InChI is InChI=1S/C61H98O12/c1-4-7-10-13-16-19-22-25-26-27-28-31-34-37-40-43-46-49-55(64)72-59-57(66)56(65)58(60(67)68)73-61(59)70-51-52(71-54(63)48-45-42-39-36-33-30-24-21-18-15-12-9-6-3)50-69-53(62)47-44-41-38-35-32-29-23-20-17-14-11-8-5-2/h7-8,10-11,16-17,19-21,24-26,28-29,31-32,52,56-59,61,65-66H,4-6,9,12-15,18,22-23,27,30,33-51H2,1-3H3,(H,67,68)/b10-7-,11-8-,19-16-,20-17-,24-21-,26-25-,31-28-,32-29-. The van der Waals surface area contributed by atoms with Crippen molar-refractivity contribution in [2.45, 2.75) is 250 Å². The van der Waals surface area contributed by atoms with Crippen LogP contribution in [0.1, 0.15) is 213 Å². The third-order valence-electron chi connectivity index (χ3n) is 12.1. The Morgan fingerprint density at radius 2 is 0.863 bits per heavy atom. The van der Waals surface area contributed by atoms with Gasteiger partial charge in [0, 0.05) is 19.3 Å². The van der Waals surface area contributed by atoms with Gasteiger partial charge in [-0.2, -0.15) is 0 Å². The summed E-state index contributed by atoms with van der Waals surface area (Å²) < 4.78 is 28.3. The van der Waals surface area contributed by atoms with E-state index in [2.05, 4.69) is 118 Å². The van der Waals surface area contributed by atoms with Gasteiger partial charge in [0.2, 0.25) is 0 Å².